The van der Waals surface area contributed by atoms with Gasteiger partial charge in [-0.15, -0.1) is 0 Å². The number of nitrogens with zero attached hydrogens (tertiary/aromatic N) is 1. The molecular formula is C16H17NO2. The van der Waals surface area contributed by atoms with Crippen molar-refractivity contribution in [1.29, 1.82) is 0 Å². The molecule has 0 saturated carbocycles. The Kier molecular flexibility index (Phi) is 3.97. The van der Waals surface area contributed by atoms with Crippen LogP contribution < -0.4 is 0 Å². The number of aliphatic hydroxyl groups excluding tert-OH is 1. The van der Waals surface area contributed by atoms with E-state index in [1.165, 1.54) is 4.90 Å². The highest BCUT2D eigenvalue weighted by Gasteiger charge is 2.12. The first kappa shape index (κ1) is 13.3. The minimum absolute atomic E-state index is 0.0410. The van der Waals surface area contributed by atoms with Crippen molar-refractivity contribution >= 4 is 5.91 Å². The molecule has 0 aliphatic heterocycles. The van der Waals surface area contributed by atoms with Crippen molar-refractivity contribution in [3.05, 3.63) is 71.3 Å². The Morgan fingerprint density at radius 1 is 0.947 bits per heavy atom. The van der Waals surface area contributed by atoms with Crippen molar-refractivity contribution in [3.8, 4) is 0 Å². The normalized spacial score (nSPS) is 11.9. The topological polar surface area (TPSA) is 40.5 Å². The number of hydrogen-bond acceptors (Lipinski definition) is 2. The molecule has 0 aromatic heterocycles. The van der Waals surface area contributed by atoms with Crippen LogP contribution in [-0.2, 0) is 0 Å². The minimum Gasteiger partial charge on any atom is -0.384 e. The third kappa shape index (κ3) is 3.01. The van der Waals surface area contributed by atoms with Crippen molar-refractivity contribution in [2.24, 2.45) is 0 Å². The van der Waals surface area contributed by atoms with Crippen LogP contribution in [0.2, 0.25) is 0 Å². The number of rotatable bonds is 3. The largest absolute Gasteiger partial charge is 0.384 e. The van der Waals surface area contributed by atoms with Gasteiger partial charge in [0.15, 0.2) is 0 Å². The first-order valence-electron chi connectivity index (χ1n) is 6.14. The lowest BCUT2D eigenvalue weighted by atomic mass is 10.0. The van der Waals surface area contributed by atoms with Gasteiger partial charge in [-0.3, -0.25) is 4.79 Å². The molecule has 0 aliphatic carbocycles. The van der Waals surface area contributed by atoms with Crippen LogP contribution in [0, 0.1) is 0 Å². The zero-order chi connectivity index (χ0) is 13.8. The van der Waals surface area contributed by atoms with E-state index in [2.05, 4.69) is 0 Å². The molecule has 0 bridgehead atoms. The van der Waals surface area contributed by atoms with Gasteiger partial charge in [0.2, 0.25) is 0 Å². The molecule has 2 rings (SSSR count). The van der Waals surface area contributed by atoms with Gasteiger partial charge in [0.05, 0.1) is 0 Å². The van der Waals surface area contributed by atoms with E-state index in [9.17, 15) is 9.90 Å². The molecule has 1 atom stereocenters. The average Bonchev–Trinajstić information content (AvgIpc) is 2.46. The summed E-state index contributed by atoms with van der Waals surface area (Å²) >= 11 is 0. The van der Waals surface area contributed by atoms with Crippen LogP contribution in [0.4, 0.5) is 0 Å². The highest BCUT2D eigenvalue weighted by Crippen LogP contribution is 2.21. The van der Waals surface area contributed by atoms with Crippen LogP contribution >= 0.6 is 0 Å². The predicted molar refractivity (Wildman–Crippen MR) is 75.0 cm³/mol. The third-order valence-electron chi connectivity index (χ3n) is 2.99. The molecule has 98 valence electrons. The zero-order valence-corrected chi connectivity index (χ0v) is 11.1. The van der Waals surface area contributed by atoms with Crippen molar-refractivity contribution in [3.63, 3.8) is 0 Å². The first-order valence-corrected chi connectivity index (χ1v) is 6.14. The van der Waals surface area contributed by atoms with E-state index in [4.69, 9.17) is 0 Å². The van der Waals surface area contributed by atoms with Crippen LogP contribution in [0.1, 0.15) is 27.6 Å². The van der Waals surface area contributed by atoms with Gasteiger partial charge in [-0.05, 0) is 23.3 Å². The highest BCUT2D eigenvalue weighted by atomic mass is 16.3. The van der Waals surface area contributed by atoms with Crippen molar-refractivity contribution in [2.75, 3.05) is 14.1 Å². The maximum Gasteiger partial charge on any atom is 0.253 e. The van der Waals surface area contributed by atoms with Crippen molar-refractivity contribution in [2.45, 2.75) is 6.10 Å². The second kappa shape index (κ2) is 5.67. The fourth-order valence-electron chi connectivity index (χ4n) is 1.89. The number of carbonyl (C=O) groups is 1. The van der Waals surface area contributed by atoms with Crippen molar-refractivity contribution in [1.82, 2.24) is 4.90 Å². The van der Waals surface area contributed by atoms with Gasteiger partial charge in [-0.25, -0.2) is 0 Å². The molecule has 0 fully saturated rings. The SMILES string of the molecule is CN(C)C(=O)c1ccc(C(O)c2ccccc2)cc1. The fourth-order valence-corrected chi connectivity index (χ4v) is 1.89. The van der Waals surface area contributed by atoms with Crippen LogP contribution in [0.25, 0.3) is 0 Å². The molecule has 0 heterocycles. The molecule has 3 heteroatoms. The summed E-state index contributed by atoms with van der Waals surface area (Å²) < 4.78 is 0. The fraction of sp³-hybridized carbons (Fsp3) is 0.188. The van der Waals surface area contributed by atoms with E-state index in [1.807, 2.05) is 30.3 Å². The van der Waals surface area contributed by atoms with Gasteiger partial charge < -0.3 is 10.0 Å². The lowest BCUT2D eigenvalue weighted by Crippen LogP contribution is -2.21. The van der Waals surface area contributed by atoms with Crippen LogP contribution in [-0.4, -0.2) is 30.0 Å². The maximum atomic E-state index is 11.8. The van der Waals surface area contributed by atoms with E-state index in [1.54, 1.807) is 38.4 Å². The molecule has 3 nitrogen and oxygen atoms in total. The standard InChI is InChI=1S/C16H17NO2/c1-17(2)16(19)14-10-8-13(9-11-14)15(18)12-6-4-3-5-7-12/h3-11,15,18H,1-2H3. The van der Waals surface area contributed by atoms with Crippen LogP contribution in [0.5, 0.6) is 0 Å². The summed E-state index contributed by atoms with van der Waals surface area (Å²) in [7, 11) is 3.43. The monoisotopic (exact) mass is 255 g/mol. The molecule has 2 aromatic carbocycles. The second-order valence-corrected chi connectivity index (χ2v) is 4.63. The Hall–Kier alpha value is -2.13. The van der Waals surface area contributed by atoms with Gasteiger partial charge in [0, 0.05) is 19.7 Å². The van der Waals surface area contributed by atoms with E-state index in [0.29, 0.717) is 5.56 Å². The maximum absolute atomic E-state index is 11.8. The molecule has 1 unspecified atom stereocenters. The molecule has 0 spiro atoms. The number of amides is 1. The molecule has 0 saturated heterocycles. The molecule has 1 N–H and O–H groups in total. The van der Waals surface area contributed by atoms with Crippen LogP contribution in [0.15, 0.2) is 54.6 Å². The molecular weight excluding hydrogens is 238 g/mol. The summed E-state index contributed by atoms with van der Waals surface area (Å²) in [5.74, 6) is -0.0410. The van der Waals surface area contributed by atoms with Crippen LogP contribution in [0.3, 0.4) is 0 Å². The Morgan fingerprint density at radius 3 is 2.00 bits per heavy atom. The summed E-state index contributed by atoms with van der Waals surface area (Å²) in [4.78, 5) is 13.3. The Balaban J connectivity index is 2.21. The van der Waals surface area contributed by atoms with Gasteiger partial charge in [-0.1, -0.05) is 42.5 Å². The third-order valence-corrected chi connectivity index (χ3v) is 2.99. The molecule has 0 aliphatic rings. The Labute approximate surface area is 113 Å². The molecule has 2 aromatic rings. The lowest BCUT2D eigenvalue weighted by molar-refractivity contribution is 0.0827. The number of hydrogen-bond donors (Lipinski definition) is 1. The number of benzene rings is 2. The smallest absolute Gasteiger partial charge is 0.253 e. The average molecular weight is 255 g/mol. The Morgan fingerprint density at radius 2 is 1.47 bits per heavy atom. The van der Waals surface area contributed by atoms with E-state index in [0.717, 1.165) is 11.1 Å². The Bertz CT molecular complexity index is 547. The van der Waals surface area contributed by atoms with E-state index >= 15 is 0 Å². The van der Waals surface area contributed by atoms with Gasteiger partial charge >= 0.3 is 0 Å². The minimum atomic E-state index is -0.662. The molecule has 0 radical (unpaired) electrons. The zero-order valence-electron chi connectivity index (χ0n) is 11.1. The highest BCUT2D eigenvalue weighted by molar-refractivity contribution is 5.93. The quantitative estimate of drug-likeness (QED) is 0.915. The molecule has 19 heavy (non-hydrogen) atoms. The van der Waals surface area contributed by atoms with Gasteiger partial charge in [0.25, 0.3) is 5.91 Å². The first-order chi connectivity index (χ1) is 9.09. The van der Waals surface area contributed by atoms with E-state index in [-0.39, 0.29) is 5.91 Å². The summed E-state index contributed by atoms with van der Waals surface area (Å²) in [6.45, 7) is 0. The predicted octanol–water partition coefficient (Wildman–Crippen LogP) is 2.47. The molecule has 1 amide bonds. The van der Waals surface area contributed by atoms with Crippen molar-refractivity contribution < 1.29 is 9.90 Å². The summed E-state index contributed by atoms with van der Waals surface area (Å²) in [6.07, 6.45) is -0.662. The second-order valence-electron chi connectivity index (χ2n) is 4.63. The van der Waals surface area contributed by atoms with Gasteiger partial charge in [0.1, 0.15) is 6.10 Å². The summed E-state index contributed by atoms with van der Waals surface area (Å²) in [5.41, 5.74) is 2.24. The van der Waals surface area contributed by atoms with E-state index < -0.39 is 6.10 Å². The summed E-state index contributed by atoms with van der Waals surface area (Å²) in [5, 5.41) is 10.2. The lowest BCUT2D eigenvalue weighted by Gasteiger charge is -2.13. The summed E-state index contributed by atoms with van der Waals surface area (Å²) in [6, 6.07) is 16.5. The number of aliphatic hydroxyl groups is 1. The van der Waals surface area contributed by atoms with Gasteiger partial charge in [-0.2, -0.15) is 0 Å². The number of carbonyl (C=O) groups excluding carboxylic acids is 1.